The maximum atomic E-state index is 13.7. The summed E-state index contributed by atoms with van der Waals surface area (Å²) in [5.74, 6) is -1.01. The Morgan fingerprint density at radius 1 is 1.21 bits per heavy atom. The van der Waals surface area contributed by atoms with Crippen molar-refractivity contribution < 1.29 is 8.78 Å². The van der Waals surface area contributed by atoms with E-state index in [0.717, 1.165) is 12.6 Å². The number of likely N-dealkylation sites (N-methyl/N-ethyl adjacent to an activating group) is 1. The van der Waals surface area contributed by atoms with E-state index < -0.39 is 11.6 Å². The van der Waals surface area contributed by atoms with Crippen molar-refractivity contribution in [3.8, 4) is 0 Å². The minimum Gasteiger partial charge on any atom is -0.309 e. The lowest BCUT2D eigenvalue weighted by atomic mass is 10.0. The summed E-state index contributed by atoms with van der Waals surface area (Å²) >= 11 is 1.71. The van der Waals surface area contributed by atoms with Crippen LogP contribution in [-0.2, 0) is 6.42 Å². The smallest absolute Gasteiger partial charge is 0.129 e. The fourth-order valence-corrected chi connectivity index (χ4v) is 3.02. The van der Waals surface area contributed by atoms with Crippen LogP contribution in [0.5, 0.6) is 0 Å². The van der Waals surface area contributed by atoms with Gasteiger partial charge in [-0.2, -0.15) is 0 Å². The molecule has 1 N–H and O–H groups in total. The maximum absolute atomic E-state index is 13.7. The third kappa shape index (κ3) is 3.61. The monoisotopic (exact) mass is 281 g/mol. The summed E-state index contributed by atoms with van der Waals surface area (Å²) in [4.78, 5) is 2.42. The van der Waals surface area contributed by atoms with E-state index in [0.29, 0.717) is 12.0 Å². The molecule has 0 radical (unpaired) electrons. The molecule has 102 valence electrons. The van der Waals surface area contributed by atoms with E-state index >= 15 is 0 Å². The Balaban J connectivity index is 2.21. The van der Waals surface area contributed by atoms with E-state index in [2.05, 4.69) is 24.4 Å². The van der Waals surface area contributed by atoms with Gasteiger partial charge in [0, 0.05) is 21.9 Å². The van der Waals surface area contributed by atoms with Crippen molar-refractivity contribution in [2.24, 2.45) is 0 Å². The first-order chi connectivity index (χ1) is 9.10. The molecule has 1 atom stereocenters. The molecule has 0 spiro atoms. The Hall–Kier alpha value is -1.26. The van der Waals surface area contributed by atoms with Gasteiger partial charge in [0.1, 0.15) is 11.6 Å². The number of thiophene rings is 1. The van der Waals surface area contributed by atoms with Crippen LogP contribution in [0.4, 0.5) is 8.78 Å². The molecule has 2 aromatic rings. The number of halogens is 2. The summed E-state index contributed by atoms with van der Waals surface area (Å²) in [5.41, 5.74) is 0.540. The average Bonchev–Trinajstić information content (AvgIpc) is 2.78. The lowest BCUT2D eigenvalue weighted by molar-refractivity contribution is 0.526. The van der Waals surface area contributed by atoms with Crippen LogP contribution in [0.3, 0.4) is 0 Å². The van der Waals surface area contributed by atoms with Gasteiger partial charge in [0.2, 0.25) is 0 Å². The second-order valence-corrected chi connectivity index (χ2v) is 5.82. The molecule has 0 amide bonds. The van der Waals surface area contributed by atoms with Crippen LogP contribution >= 0.6 is 11.3 Å². The molecule has 0 bridgehead atoms. The zero-order valence-electron chi connectivity index (χ0n) is 11.0. The Bertz CT molecular complexity index is 551. The molecule has 1 unspecified atom stereocenters. The van der Waals surface area contributed by atoms with Crippen LogP contribution in [0.15, 0.2) is 30.3 Å². The highest BCUT2D eigenvalue weighted by molar-refractivity contribution is 7.12. The summed E-state index contributed by atoms with van der Waals surface area (Å²) in [6.45, 7) is 4.88. The van der Waals surface area contributed by atoms with Crippen LogP contribution in [-0.4, -0.2) is 6.54 Å². The molecule has 0 saturated carbocycles. The molecule has 0 aliphatic carbocycles. The standard InChI is InChI=1S/C15H17F2NS/c1-3-18-14(15-7-4-10(2)19-15)8-11-5-6-12(16)9-13(11)17/h4-7,9,14,18H,3,8H2,1-2H3. The highest BCUT2D eigenvalue weighted by atomic mass is 32.1. The van der Waals surface area contributed by atoms with Crippen molar-refractivity contribution in [3.63, 3.8) is 0 Å². The summed E-state index contributed by atoms with van der Waals surface area (Å²) in [6, 6.07) is 7.97. The zero-order valence-corrected chi connectivity index (χ0v) is 11.9. The molecule has 19 heavy (non-hydrogen) atoms. The van der Waals surface area contributed by atoms with Gasteiger partial charge in [0.25, 0.3) is 0 Å². The molecule has 1 heterocycles. The van der Waals surface area contributed by atoms with E-state index in [1.165, 1.54) is 21.9 Å². The SMILES string of the molecule is CCNC(Cc1ccc(F)cc1F)c1ccc(C)s1. The summed E-state index contributed by atoms with van der Waals surface area (Å²) in [5, 5.41) is 3.35. The number of benzene rings is 1. The second-order valence-electron chi connectivity index (χ2n) is 4.50. The highest BCUT2D eigenvalue weighted by Crippen LogP contribution is 2.26. The van der Waals surface area contributed by atoms with Gasteiger partial charge >= 0.3 is 0 Å². The van der Waals surface area contributed by atoms with Crippen molar-refractivity contribution in [1.82, 2.24) is 5.32 Å². The van der Waals surface area contributed by atoms with E-state index in [9.17, 15) is 8.78 Å². The Labute approximate surface area is 116 Å². The van der Waals surface area contributed by atoms with Gasteiger partial charge < -0.3 is 5.32 Å². The van der Waals surface area contributed by atoms with Crippen molar-refractivity contribution in [2.75, 3.05) is 6.54 Å². The molecular formula is C15H17F2NS. The van der Waals surface area contributed by atoms with Gasteiger partial charge in [0.15, 0.2) is 0 Å². The minimum absolute atomic E-state index is 0.0728. The number of hydrogen-bond donors (Lipinski definition) is 1. The molecule has 0 fully saturated rings. The Morgan fingerprint density at radius 3 is 2.58 bits per heavy atom. The molecule has 2 rings (SSSR count). The molecule has 0 aliphatic rings. The van der Waals surface area contributed by atoms with Crippen LogP contribution < -0.4 is 5.32 Å². The number of nitrogens with one attached hydrogen (secondary N) is 1. The Morgan fingerprint density at radius 2 is 2.00 bits per heavy atom. The molecule has 4 heteroatoms. The number of aryl methyl sites for hydroxylation is 1. The van der Waals surface area contributed by atoms with Gasteiger partial charge in [-0.15, -0.1) is 11.3 Å². The predicted molar refractivity (Wildman–Crippen MR) is 75.5 cm³/mol. The van der Waals surface area contributed by atoms with Gasteiger partial charge in [-0.25, -0.2) is 8.78 Å². The third-order valence-corrected chi connectivity index (χ3v) is 4.11. The number of hydrogen-bond acceptors (Lipinski definition) is 2. The summed E-state index contributed by atoms with van der Waals surface area (Å²) < 4.78 is 26.6. The second kappa shape index (κ2) is 6.26. The van der Waals surface area contributed by atoms with Crippen molar-refractivity contribution in [3.05, 3.63) is 57.3 Å². The molecule has 0 aliphatic heterocycles. The van der Waals surface area contributed by atoms with Gasteiger partial charge in [-0.05, 0) is 43.7 Å². The van der Waals surface area contributed by atoms with Crippen molar-refractivity contribution in [2.45, 2.75) is 26.3 Å². The average molecular weight is 281 g/mol. The fourth-order valence-electron chi connectivity index (χ4n) is 2.07. The normalized spacial score (nSPS) is 12.6. The highest BCUT2D eigenvalue weighted by Gasteiger charge is 2.15. The molecule has 0 saturated heterocycles. The van der Waals surface area contributed by atoms with E-state index in [1.807, 2.05) is 6.92 Å². The maximum Gasteiger partial charge on any atom is 0.129 e. The predicted octanol–water partition coefficient (Wildman–Crippen LogP) is 4.23. The lowest BCUT2D eigenvalue weighted by Crippen LogP contribution is -2.22. The molecule has 1 aromatic carbocycles. The summed E-state index contributed by atoms with van der Waals surface area (Å²) in [6.07, 6.45) is 0.528. The van der Waals surface area contributed by atoms with Crippen LogP contribution in [0.2, 0.25) is 0 Å². The first-order valence-corrected chi connectivity index (χ1v) is 7.15. The van der Waals surface area contributed by atoms with Crippen molar-refractivity contribution >= 4 is 11.3 Å². The largest absolute Gasteiger partial charge is 0.309 e. The first kappa shape index (κ1) is 14.2. The van der Waals surface area contributed by atoms with Gasteiger partial charge in [0.05, 0.1) is 0 Å². The summed E-state index contributed by atoms with van der Waals surface area (Å²) in [7, 11) is 0. The fraction of sp³-hybridized carbons (Fsp3) is 0.333. The Kier molecular flexibility index (Phi) is 4.66. The number of rotatable bonds is 5. The minimum atomic E-state index is -0.534. The molecule has 1 aromatic heterocycles. The van der Waals surface area contributed by atoms with E-state index in [1.54, 1.807) is 11.3 Å². The van der Waals surface area contributed by atoms with Gasteiger partial charge in [-0.3, -0.25) is 0 Å². The van der Waals surface area contributed by atoms with E-state index in [-0.39, 0.29) is 6.04 Å². The van der Waals surface area contributed by atoms with Crippen LogP contribution in [0.25, 0.3) is 0 Å². The quantitative estimate of drug-likeness (QED) is 0.865. The van der Waals surface area contributed by atoms with Crippen molar-refractivity contribution in [1.29, 1.82) is 0 Å². The zero-order chi connectivity index (χ0) is 13.8. The lowest BCUT2D eigenvalue weighted by Gasteiger charge is -2.17. The van der Waals surface area contributed by atoms with Crippen LogP contribution in [0.1, 0.15) is 28.3 Å². The third-order valence-electron chi connectivity index (χ3n) is 2.99. The topological polar surface area (TPSA) is 12.0 Å². The molecular weight excluding hydrogens is 264 g/mol. The molecule has 1 nitrogen and oxygen atoms in total. The first-order valence-electron chi connectivity index (χ1n) is 6.33. The van der Waals surface area contributed by atoms with Gasteiger partial charge in [-0.1, -0.05) is 13.0 Å². The van der Waals surface area contributed by atoms with Crippen LogP contribution in [0, 0.1) is 18.6 Å². The van der Waals surface area contributed by atoms with E-state index in [4.69, 9.17) is 0 Å².